The van der Waals surface area contributed by atoms with Crippen molar-refractivity contribution in [2.45, 2.75) is 55.8 Å². The maximum atomic E-state index is 13.5. The fourth-order valence-corrected chi connectivity index (χ4v) is 6.85. The van der Waals surface area contributed by atoms with Crippen LogP contribution in [0.3, 0.4) is 0 Å². The van der Waals surface area contributed by atoms with Crippen molar-refractivity contribution < 1.29 is 32.1 Å². The first-order chi connectivity index (χ1) is 18.6. The highest BCUT2D eigenvalue weighted by Gasteiger charge is 2.44. The predicted molar refractivity (Wildman–Crippen MR) is 144 cm³/mol. The van der Waals surface area contributed by atoms with Gasteiger partial charge >= 0.3 is 16.1 Å². The Morgan fingerprint density at radius 3 is 2.03 bits per heavy atom. The van der Waals surface area contributed by atoms with E-state index < -0.39 is 22.0 Å². The number of carboxylic acids is 1. The van der Waals surface area contributed by atoms with E-state index in [2.05, 4.69) is 0 Å². The number of aliphatic carboxylic acids is 1. The molecule has 8 nitrogen and oxygen atoms in total. The molecular weight excluding hydrogens is 565 g/mol. The number of rotatable bonds is 7. The van der Waals surface area contributed by atoms with Crippen LogP contribution in [-0.2, 0) is 24.5 Å². The van der Waals surface area contributed by atoms with E-state index in [-0.39, 0.29) is 53.0 Å². The van der Waals surface area contributed by atoms with Crippen molar-refractivity contribution in [2.24, 2.45) is 0 Å². The number of hydrogen-bond acceptors (Lipinski definition) is 7. The van der Waals surface area contributed by atoms with Gasteiger partial charge in [0, 0.05) is 63.5 Å². The third kappa shape index (κ3) is 5.35. The van der Waals surface area contributed by atoms with E-state index >= 15 is 0 Å². The minimum Gasteiger partial charge on any atom is -0.481 e. The van der Waals surface area contributed by atoms with Crippen molar-refractivity contribution in [1.29, 1.82) is 0 Å². The summed E-state index contributed by atoms with van der Waals surface area (Å²) in [6.07, 6.45) is 2.61. The molecule has 0 spiro atoms. The maximum absolute atomic E-state index is 13.5. The molecule has 0 atom stereocenters. The lowest BCUT2D eigenvalue weighted by Gasteiger charge is -2.44. The highest BCUT2D eigenvalue weighted by atomic mass is 35.5. The molecule has 0 fully saturated rings. The Labute approximate surface area is 236 Å². The van der Waals surface area contributed by atoms with Gasteiger partial charge in [-0.3, -0.25) is 14.4 Å². The largest absolute Gasteiger partial charge is 0.481 e. The standard InChI is InChI=1S/C28H25Cl2NO7S/c29-16-7-10-18(11-8-16)39(36,37)38-24-12-9-17(30)15-19(24)26-27-20(3-1-5-22(27)32)31(14-13-25(34)35)21-4-2-6-23(33)28(21)26/h7-12,15,26H,1-6,13-14H2,(H,34,35). The lowest BCUT2D eigenvalue weighted by molar-refractivity contribution is -0.137. The number of hydrogen-bond donors (Lipinski definition) is 1. The van der Waals surface area contributed by atoms with E-state index in [1.165, 1.54) is 42.5 Å². The molecule has 0 amide bonds. The second-order valence-electron chi connectivity index (χ2n) is 9.68. The molecule has 1 N–H and O–H groups in total. The fraction of sp³-hybridized carbons (Fsp3) is 0.321. The smallest absolute Gasteiger partial charge is 0.339 e. The first kappa shape index (κ1) is 27.4. The molecule has 3 aliphatic rings. The first-order valence-electron chi connectivity index (χ1n) is 12.6. The zero-order valence-corrected chi connectivity index (χ0v) is 23.1. The maximum Gasteiger partial charge on any atom is 0.339 e. The van der Waals surface area contributed by atoms with Gasteiger partial charge in [0.15, 0.2) is 11.6 Å². The van der Waals surface area contributed by atoms with Crippen LogP contribution in [0.4, 0.5) is 0 Å². The Kier molecular flexibility index (Phi) is 7.59. The van der Waals surface area contributed by atoms with Crippen molar-refractivity contribution in [3.8, 4) is 5.75 Å². The number of carbonyl (C=O) groups excluding carboxylic acids is 2. The van der Waals surface area contributed by atoms with Gasteiger partial charge in [-0.1, -0.05) is 23.2 Å². The van der Waals surface area contributed by atoms with Gasteiger partial charge in [-0.05, 0) is 68.1 Å². The number of halogens is 2. The molecule has 2 aliphatic carbocycles. The Hall–Kier alpha value is -3.14. The lowest BCUT2D eigenvalue weighted by atomic mass is 9.70. The fourth-order valence-electron chi connectivity index (χ4n) is 5.59. The van der Waals surface area contributed by atoms with Gasteiger partial charge in [-0.25, -0.2) is 0 Å². The highest BCUT2D eigenvalue weighted by molar-refractivity contribution is 7.87. The van der Waals surface area contributed by atoms with E-state index in [0.717, 1.165) is 0 Å². The number of nitrogens with zero attached hydrogens (tertiary/aromatic N) is 1. The van der Waals surface area contributed by atoms with Crippen LogP contribution in [0, 0.1) is 0 Å². The second kappa shape index (κ2) is 10.8. The molecule has 0 saturated carbocycles. The van der Waals surface area contributed by atoms with Crippen LogP contribution in [0.15, 0.2) is 69.9 Å². The van der Waals surface area contributed by atoms with Crippen molar-refractivity contribution in [3.05, 3.63) is 80.6 Å². The van der Waals surface area contributed by atoms with E-state index in [1.54, 1.807) is 0 Å². The van der Waals surface area contributed by atoms with Gasteiger partial charge in [-0.15, -0.1) is 0 Å². The summed E-state index contributed by atoms with van der Waals surface area (Å²) in [6, 6.07) is 9.95. The molecule has 11 heteroatoms. The van der Waals surface area contributed by atoms with E-state index in [4.69, 9.17) is 27.4 Å². The molecule has 0 radical (unpaired) electrons. The number of Topliss-reactive ketones (excluding diaryl/α,β-unsaturated/α-hetero) is 2. The van der Waals surface area contributed by atoms with E-state index in [1.807, 2.05) is 4.90 Å². The molecule has 5 rings (SSSR count). The Morgan fingerprint density at radius 1 is 0.897 bits per heavy atom. The van der Waals surface area contributed by atoms with Gasteiger partial charge in [0.2, 0.25) is 0 Å². The number of carboxylic acid groups (broad SMARTS) is 1. The van der Waals surface area contributed by atoms with Crippen LogP contribution in [0.1, 0.15) is 56.4 Å². The van der Waals surface area contributed by atoms with Crippen molar-refractivity contribution in [1.82, 2.24) is 4.90 Å². The number of ketones is 2. The Balaban J connectivity index is 1.69. The lowest BCUT2D eigenvalue weighted by Crippen LogP contribution is -2.40. The number of allylic oxidation sites excluding steroid dienone is 4. The molecule has 1 heterocycles. The van der Waals surface area contributed by atoms with Gasteiger partial charge < -0.3 is 14.2 Å². The summed E-state index contributed by atoms with van der Waals surface area (Å²) in [5.74, 6) is -2.25. The monoisotopic (exact) mass is 589 g/mol. The summed E-state index contributed by atoms with van der Waals surface area (Å²) in [5, 5.41) is 10.0. The minimum absolute atomic E-state index is 0.0474. The summed E-state index contributed by atoms with van der Waals surface area (Å²) < 4.78 is 32.0. The quantitative estimate of drug-likeness (QED) is 0.411. The SMILES string of the molecule is O=C(O)CCN1C2=C(C(=O)CCC2)C(c2cc(Cl)ccc2OS(=O)(=O)c2ccc(Cl)cc2)C2=C1CCCC2=O. The molecule has 39 heavy (non-hydrogen) atoms. The first-order valence-corrected chi connectivity index (χ1v) is 14.7. The van der Waals surface area contributed by atoms with Crippen molar-refractivity contribution in [3.63, 3.8) is 0 Å². The Bertz CT molecular complexity index is 1500. The topological polar surface area (TPSA) is 118 Å². The molecule has 0 aromatic heterocycles. The second-order valence-corrected chi connectivity index (χ2v) is 12.1. The van der Waals surface area contributed by atoms with Crippen LogP contribution in [0.25, 0.3) is 0 Å². The molecule has 2 aromatic carbocycles. The van der Waals surface area contributed by atoms with Gasteiger partial charge in [0.05, 0.1) is 6.42 Å². The Morgan fingerprint density at radius 2 is 1.46 bits per heavy atom. The molecule has 1 aliphatic heterocycles. The zero-order chi connectivity index (χ0) is 27.9. The van der Waals surface area contributed by atoms with Crippen molar-refractivity contribution >= 4 is 50.9 Å². The predicted octanol–water partition coefficient (Wildman–Crippen LogP) is 5.65. The third-order valence-electron chi connectivity index (χ3n) is 7.22. The molecule has 0 unspecified atom stereocenters. The summed E-state index contributed by atoms with van der Waals surface area (Å²) in [6.45, 7) is 0.129. The normalized spacial score (nSPS) is 18.3. The van der Waals surface area contributed by atoms with Gasteiger partial charge in [-0.2, -0.15) is 8.42 Å². The zero-order valence-electron chi connectivity index (χ0n) is 20.8. The number of carbonyl (C=O) groups is 3. The van der Waals surface area contributed by atoms with Crippen LogP contribution in [0.5, 0.6) is 5.75 Å². The molecule has 0 saturated heterocycles. The van der Waals surface area contributed by atoms with Gasteiger partial charge in [0.25, 0.3) is 0 Å². The average Bonchev–Trinajstić information content (AvgIpc) is 2.88. The molecule has 0 bridgehead atoms. The van der Waals surface area contributed by atoms with E-state index in [9.17, 15) is 27.9 Å². The van der Waals surface area contributed by atoms with Crippen molar-refractivity contribution in [2.75, 3.05) is 6.54 Å². The van der Waals surface area contributed by atoms with Crippen LogP contribution in [-0.4, -0.2) is 42.5 Å². The summed E-state index contributed by atoms with van der Waals surface area (Å²) in [5.41, 5.74) is 2.39. The third-order valence-corrected chi connectivity index (χ3v) is 8.96. The molecular formula is C28H25Cl2NO7S. The summed E-state index contributed by atoms with van der Waals surface area (Å²) in [7, 11) is -4.30. The van der Waals surface area contributed by atoms with E-state index in [0.29, 0.717) is 58.8 Å². The minimum atomic E-state index is -4.30. The molecule has 2 aromatic rings. The summed E-state index contributed by atoms with van der Waals surface area (Å²) >= 11 is 12.3. The van der Waals surface area contributed by atoms with Crippen LogP contribution >= 0.6 is 23.2 Å². The average molecular weight is 590 g/mol. The highest BCUT2D eigenvalue weighted by Crippen LogP contribution is 2.51. The number of benzene rings is 2. The van der Waals surface area contributed by atoms with Crippen LogP contribution < -0.4 is 4.18 Å². The summed E-state index contributed by atoms with van der Waals surface area (Å²) in [4.78, 5) is 40.1. The molecule has 204 valence electrons. The van der Waals surface area contributed by atoms with Gasteiger partial charge in [0.1, 0.15) is 10.6 Å². The van der Waals surface area contributed by atoms with Crippen LogP contribution in [0.2, 0.25) is 10.0 Å².